The van der Waals surface area contributed by atoms with Crippen LogP contribution in [0.15, 0.2) is 5.16 Å². The number of halogens is 2. The standard InChI is InChI=1S/C10H19F2N3O3S/c1-2-7-3-5-10(6-4-7,8(13)14-16)15-19(17,18)9(11)12/h7,9,15-16H,2-6H2,1H3,(H2,13,14). The molecule has 0 heterocycles. The van der Waals surface area contributed by atoms with Crippen LogP contribution in [0.2, 0.25) is 0 Å². The second kappa shape index (κ2) is 6.00. The maximum atomic E-state index is 12.5. The van der Waals surface area contributed by atoms with Gasteiger partial charge in [0.25, 0.3) is 10.0 Å². The summed E-state index contributed by atoms with van der Waals surface area (Å²) in [4.78, 5) is 0. The van der Waals surface area contributed by atoms with Crippen molar-refractivity contribution in [3.63, 3.8) is 0 Å². The molecule has 0 atom stereocenters. The summed E-state index contributed by atoms with van der Waals surface area (Å²) in [5.41, 5.74) is 4.10. The molecule has 112 valence electrons. The molecule has 0 aromatic heterocycles. The number of nitrogens with one attached hydrogen (secondary N) is 1. The minimum absolute atomic E-state index is 0.243. The van der Waals surface area contributed by atoms with Gasteiger partial charge in [-0.2, -0.15) is 13.5 Å². The molecule has 9 heteroatoms. The number of alkyl halides is 2. The smallest absolute Gasteiger partial charge is 0.350 e. The first kappa shape index (κ1) is 16.1. The van der Waals surface area contributed by atoms with Crippen LogP contribution >= 0.6 is 0 Å². The van der Waals surface area contributed by atoms with E-state index in [2.05, 4.69) is 5.16 Å². The Kier molecular flexibility index (Phi) is 5.08. The van der Waals surface area contributed by atoms with Gasteiger partial charge in [0.1, 0.15) is 0 Å². The van der Waals surface area contributed by atoms with Gasteiger partial charge >= 0.3 is 5.76 Å². The van der Waals surface area contributed by atoms with E-state index in [0.29, 0.717) is 18.8 Å². The molecule has 1 rings (SSSR count). The zero-order valence-electron chi connectivity index (χ0n) is 10.6. The topological polar surface area (TPSA) is 105 Å². The number of hydrogen-bond acceptors (Lipinski definition) is 4. The highest BCUT2D eigenvalue weighted by atomic mass is 32.2. The molecular formula is C10H19F2N3O3S. The second-order valence-electron chi connectivity index (χ2n) is 4.83. The first-order chi connectivity index (χ1) is 8.77. The van der Waals surface area contributed by atoms with Gasteiger partial charge in [-0.05, 0) is 31.6 Å². The molecule has 1 aliphatic rings. The Morgan fingerprint density at radius 3 is 2.42 bits per heavy atom. The largest absolute Gasteiger partial charge is 0.409 e. The van der Waals surface area contributed by atoms with Crippen molar-refractivity contribution < 1.29 is 22.4 Å². The van der Waals surface area contributed by atoms with Crippen LogP contribution in [0.1, 0.15) is 39.0 Å². The van der Waals surface area contributed by atoms with Crippen molar-refractivity contribution in [2.24, 2.45) is 16.8 Å². The lowest BCUT2D eigenvalue weighted by Crippen LogP contribution is -2.60. The van der Waals surface area contributed by atoms with Gasteiger partial charge in [-0.15, -0.1) is 0 Å². The summed E-state index contributed by atoms with van der Waals surface area (Å²) in [5, 5.41) is 11.6. The van der Waals surface area contributed by atoms with E-state index in [-0.39, 0.29) is 18.7 Å². The minimum atomic E-state index is -4.79. The van der Waals surface area contributed by atoms with Gasteiger partial charge in [0.15, 0.2) is 5.84 Å². The molecule has 6 nitrogen and oxygen atoms in total. The number of nitrogens with zero attached hydrogens (tertiary/aromatic N) is 1. The van der Waals surface area contributed by atoms with Crippen LogP contribution in [0.4, 0.5) is 8.78 Å². The first-order valence-electron chi connectivity index (χ1n) is 6.06. The second-order valence-corrected chi connectivity index (χ2v) is 6.48. The highest BCUT2D eigenvalue weighted by Gasteiger charge is 2.44. The van der Waals surface area contributed by atoms with Crippen LogP contribution in [0, 0.1) is 5.92 Å². The van der Waals surface area contributed by atoms with Crippen LogP contribution < -0.4 is 10.5 Å². The van der Waals surface area contributed by atoms with Crippen LogP contribution in [-0.4, -0.2) is 30.8 Å². The molecule has 0 unspecified atom stereocenters. The number of rotatable bonds is 5. The van der Waals surface area contributed by atoms with Crippen LogP contribution in [0.3, 0.4) is 0 Å². The summed E-state index contributed by atoms with van der Waals surface area (Å²) in [7, 11) is -4.79. The average Bonchev–Trinajstić information content (AvgIpc) is 2.38. The van der Waals surface area contributed by atoms with Gasteiger partial charge in [0, 0.05) is 0 Å². The van der Waals surface area contributed by atoms with Gasteiger partial charge in [0.2, 0.25) is 0 Å². The molecule has 0 saturated heterocycles. The molecule has 0 aliphatic heterocycles. The third-order valence-corrected chi connectivity index (χ3v) is 4.85. The minimum Gasteiger partial charge on any atom is -0.409 e. The predicted molar refractivity (Wildman–Crippen MR) is 66.4 cm³/mol. The molecule has 0 bridgehead atoms. The lowest BCUT2D eigenvalue weighted by Gasteiger charge is -2.39. The lowest BCUT2D eigenvalue weighted by atomic mass is 9.75. The number of nitrogens with two attached hydrogens (primary N) is 1. The fourth-order valence-electron chi connectivity index (χ4n) is 2.40. The molecule has 0 aromatic carbocycles. The summed E-state index contributed by atoms with van der Waals surface area (Å²) in [5.74, 6) is -3.51. The molecule has 1 aliphatic carbocycles. The number of amidine groups is 1. The third kappa shape index (κ3) is 3.53. The molecule has 4 N–H and O–H groups in total. The molecular weight excluding hydrogens is 280 g/mol. The van der Waals surface area contributed by atoms with Gasteiger partial charge in [-0.3, -0.25) is 0 Å². The van der Waals surface area contributed by atoms with E-state index in [1.165, 1.54) is 0 Å². The average molecular weight is 299 g/mol. The first-order valence-corrected chi connectivity index (χ1v) is 7.61. The summed E-state index contributed by atoms with van der Waals surface area (Å²) < 4.78 is 49.5. The number of oxime groups is 1. The zero-order valence-corrected chi connectivity index (χ0v) is 11.5. The van der Waals surface area contributed by atoms with Crippen LogP contribution in [-0.2, 0) is 10.0 Å². The highest BCUT2D eigenvalue weighted by Crippen LogP contribution is 2.34. The molecule has 1 saturated carbocycles. The van der Waals surface area contributed by atoms with E-state index in [1.54, 1.807) is 0 Å². The molecule has 0 aromatic rings. The fraction of sp³-hybridized carbons (Fsp3) is 0.900. The maximum Gasteiger partial charge on any atom is 0.350 e. The molecule has 1 fully saturated rings. The van der Waals surface area contributed by atoms with E-state index in [0.717, 1.165) is 6.42 Å². The van der Waals surface area contributed by atoms with Gasteiger partial charge in [0.05, 0.1) is 5.54 Å². The van der Waals surface area contributed by atoms with E-state index in [1.807, 2.05) is 11.6 Å². The van der Waals surface area contributed by atoms with Crippen molar-refractivity contribution in [1.82, 2.24) is 4.72 Å². The molecule has 0 amide bonds. The normalized spacial score (nSPS) is 29.7. The Hall–Kier alpha value is -0.960. The van der Waals surface area contributed by atoms with Crippen LogP contribution in [0.25, 0.3) is 0 Å². The zero-order chi connectivity index (χ0) is 14.7. The lowest BCUT2D eigenvalue weighted by molar-refractivity contribution is 0.219. The Morgan fingerprint density at radius 1 is 1.53 bits per heavy atom. The fourth-order valence-corrected chi connectivity index (χ4v) is 3.34. The quantitative estimate of drug-likeness (QED) is 0.307. The van der Waals surface area contributed by atoms with Gasteiger partial charge in [-0.1, -0.05) is 18.5 Å². The van der Waals surface area contributed by atoms with Crippen molar-refractivity contribution in [2.75, 3.05) is 0 Å². The van der Waals surface area contributed by atoms with Gasteiger partial charge < -0.3 is 10.9 Å². The van der Waals surface area contributed by atoms with Crippen LogP contribution in [0.5, 0.6) is 0 Å². The van der Waals surface area contributed by atoms with Crippen molar-refractivity contribution >= 4 is 15.9 Å². The molecule has 19 heavy (non-hydrogen) atoms. The highest BCUT2D eigenvalue weighted by molar-refractivity contribution is 7.89. The van der Waals surface area contributed by atoms with Crippen molar-refractivity contribution in [1.29, 1.82) is 0 Å². The van der Waals surface area contributed by atoms with Gasteiger partial charge in [-0.25, -0.2) is 8.42 Å². The summed E-state index contributed by atoms with van der Waals surface area (Å²) >= 11 is 0. The number of hydrogen-bond donors (Lipinski definition) is 3. The Bertz CT molecular complexity index is 431. The molecule has 0 spiro atoms. The summed E-state index contributed by atoms with van der Waals surface area (Å²) in [6, 6.07) is 0. The maximum absolute atomic E-state index is 12.5. The summed E-state index contributed by atoms with van der Waals surface area (Å²) in [6.45, 7) is 2.00. The van der Waals surface area contributed by atoms with Crippen molar-refractivity contribution in [3.8, 4) is 0 Å². The third-order valence-electron chi connectivity index (χ3n) is 3.71. The predicted octanol–water partition coefficient (Wildman–Crippen LogP) is 1.21. The van der Waals surface area contributed by atoms with E-state index in [9.17, 15) is 17.2 Å². The van der Waals surface area contributed by atoms with Crippen molar-refractivity contribution in [3.05, 3.63) is 0 Å². The van der Waals surface area contributed by atoms with E-state index >= 15 is 0 Å². The Morgan fingerprint density at radius 2 is 2.05 bits per heavy atom. The molecule has 0 radical (unpaired) electrons. The van der Waals surface area contributed by atoms with E-state index in [4.69, 9.17) is 10.9 Å². The Labute approximate surface area is 111 Å². The van der Waals surface area contributed by atoms with E-state index < -0.39 is 21.3 Å². The number of sulfonamides is 1. The summed E-state index contributed by atoms with van der Waals surface area (Å²) in [6.07, 6.45) is 2.69. The monoisotopic (exact) mass is 299 g/mol. The SMILES string of the molecule is CCC1CCC(NS(=O)(=O)C(F)F)(/C(N)=N/O)CC1. The van der Waals surface area contributed by atoms with Crippen molar-refractivity contribution in [2.45, 2.75) is 50.3 Å². The Balaban J connectivity index is 2.98.